The van der Waals surface area contributed by atoms with Crippen LogP contribution in [0.4, 0.5) is 0 Å². The van der Waals surface area contributed by atoms with E-state index in [0.717, 1.165) is 29.0 Å². The van der Waals surface area contributed by atoms with Crippen LogP contribution in [0.5, 0.6) is 11.5 Å². The van der Waals surface area contributed by atoms with E-state index >= 15 is 0 Å². The molecule has 1 atom stereocenters. The number of hydrogen-bond donors (Lipinski definition) is 1. The van der Waals surface area contributed by atoms with Crippen LogP contribution in [0.3, 0.4) is 0 Å². The fourth-order valence-electron chi connectivity index (χ4n) is 2.41. The summed E-state index contributed by atoms with van der Waals surface area (Å²) >= 11 is 12.1. The molecule has 0 aliphatic rings. The predicted octanol–water partition coefficient (Wildman–Crippen LogP) is 4.30. The molecule has 2 N–H and O–H groups in total. The van der Waals surface area contributed by atoms with Gasteiger partial charge >= 0.3 is 0 Å². The maximum atomic E-state index is 6.11. The van der Waals surface area contributed by atoms with Gasteiger partial charge in [-0.25, -0.2) is 0 Å². The van der Waals surface area contributed by atoms with Crippen LogP contribution in [0.2, 0.25) is 10.0 Å². The van der Waals surface area contributed by atoms with Gasteiger partial charge in [-0.05, 0) is 54.4 Å². The number of halogens is 2. The largest absolute Gasteiger partial charge is 0.497 e. The molecule has 0 fully saturated rings. The van der Waals surface area contributed by atoms with Gasteiger partial charge in [-0.2, -0.15) is 0 Å². The highest BCUT2D eigenvalue weighted by molar-refractivity contribution is 6.42. The Morgan fingerprint density at radius 2 is 1.77 bits per heavy atom. The second-order valence-corrected chi connectivity index (χ2v) is 5.80. The van der Waals surface area contributed by atoms with Crippen LogP contribution in [0.25, 0.3) is 0 Å². The van der Waals surface area contributed by atoms with Crippen LogP contribution in [0.15, 0.2) is 36.4 Å². The number of ether oxygens (including phenoxy) is 2. The zero-order valence-corrected chi connectivity index (χ0v) is 14.1. The van der Waals surface area contributed by atoms with E-state index < -0.39 is 0 Å². The first-order valence-corrected chi connectivity index (χ1v) is 7.70. The quantitative estimate of drug-likeness (QED) is 0.853. The average Bonchev–Trinajstić information content (AvgIpc) is 2.55. The highest BCUT2D eigenvalue weighted by atomic mass is 35.5. The number of rotatable bonds is 6. The molecule has 2 aromatic rings. The number of methoxy groups -OCH3 is 2. The minimum absolute atomic E-state index is 0.121. The van der Waals surface area contributed by atoms with Crippen molar-refractivity contribution in [2.24, 2.45) is 5.73 Å². The summed E-state index contributed by atoms with van der Waals surface area (Å²) in [5.41, 5.74) is 8.06. The summed E-state index contributed by atoms with van der Waals surface area (Å²) in [4.78, 5) is 0. The zero-order chi connectivity index (χ0) is 16.1. The van der Waals surface area contributed by atoms with Crippen molar-refractivity contribution < 1.29 is 9.47 Å². The molecule has 118 valence electrons. The van der Waals surface area contributed by atoms with Crippen molar-refractivity contribution >= 4 is 23.2 Å². The minimum Gasteiger partial charge on any atom is -0.497 e. The lowest BCUT2D eigenvalue weighted by Gasteiger charge is -2.18. The third kappa shape index (κ3) is 3.86. The molecule has 22 heavy (non-hydrogen) atoms. The van der Waals surface area contributed by atoms with Crippen molar-refractivity contribution in [1.82, 2.24) is 0 Å². The SMILES string of the molecule is COc1ccc(OC)c(CC(CN)c2ccc(Cl)c(Cl)c2)c1. The molecule has 5 heteroatoms. The maximum Gasteiger partial charge on any atom is 0.122 e. The van der Waals surface area contributed by atoms with E-state index in [9.17, 15) is 0 Å². The van der Waals surface area contributed by atoms with Crippen molar-refractivity contribution in [3.8, 4) is 11.5 Å². The second kappa shape index (κ2) is 7.73. The van der Waals surface area contributed by atoms with Gasteiger partial charge in [0.05, 0.1) is 24.3 Å². The smallest absolute Gasteiger partial charge is 0.122 e. The number of nitrogens with two attached hydrogens (primary N) is 1. The van der Waals surface area contributed by atoms with Crippen LogP contribution in [-0.2, 0) is 6.42 Å². The van der Waals surface area contributed by atoms with Crippen molar-refractivity contribution in [2.45, 2.75) is 12.3 Å². The predicted molar refractivity (Wildman–Crippen MR) is 91.5 cm³/mol. The van der Waals surface area contributed by atoms with Gasteiger partial charge in [0.2, 0.25) is 0 Å². The number of hydrogen-bond acceptors (Lipinski definition) is 3. The Kier molecular flexibility index (Phi) is 5.95. The standard InChI is InChI=1S/C17H19Cl2NO2/c1-21-14-4-6-17(22-2)12(8-14)7-13(10-20)11-3-5-15(18)16(19)9-11/h3-6,8-9,13H,7,10,20H2,1-2H3. The van der Waals surface area contributed by atoms with Crippen molar-refractivity contribution in [3.05, 3.63) is 57.6 Å². The summed E-state index contributed by atoms with van der Waals surface area (Å²) in [6.07, 6.45) is 0.731. The summed E-state index contributed by atoms with van der Waals surface area (Å²) in [7, 11) is 3.30. The van der Waals surface area contributed by atoms with Crippen LogP contribution >= 0.6 is 23.2 Å². The third-order valence-corrected chi connectivity index (χ3v) is 4.39. The van der Waals surface area contributed by atoms with Crippen molar-refractivity contribution in [1.29, 1.82) is 0 Å². The zero-order valence-electron chi connectivity index (χ0n) is 12.6. The molecule has 2 aromatic carbocycles. The highest BCUT2D eigenvalue weighted by Crippen LogP contribution is 2.31. The first-order valence-electron chi connectivity index (χ1n) is 6.95. The molecule has 2 rings (SSSR count). The molecule has 0 amide bonds. The fourth-order valence-corrected chi connectivity index (χ4v) is 2.72. The van der Waals surface area contributed by atoms with Gasteiger partial charge in [0.15, 0.2) is 0 Å². The Morgan fingerprint density at radius 1 is 1.00 bits per heavy atom. The van der Waals surface area contributed by atoms with Gasteiger partial charge in [-0.3, -0.25) is 0 Å². The summed E-state index contributed by atoms with van der Waals surface area (Å²) in [6, 6.07) is 11.4. The molecule has 3 nitrogen and oxygen atoms in total. The van der Waals surface area contributed by atoms with E-state index in [1.807, 2.05) is 30.3 Å². The van der Waals surface area contributed by atoms with Gasteiger partial charge in [0, 0.05) is 5.92 Å². The van der Waals surface area contributed by atoms with Crippen LogP contribution in [-0.4, -0.2) is 20.8 Å². The highest BCUT2D eigenvalue weighted by Gasteiger charge is 2.15. The normalized spacial score (nSPS) is 12.0. The summed E-state index contributed by atoms with van der Waals surface area (Å²) in [5.74, 6) is 1.73. The minimum atomic E-state index is 0.121. The summed E-state index contributed by atoms with van der Waals surface area (Å²) in [6.45, 7) is 0.498. The van der Waals surface area contributed by atoms with Crippen molar-refractivity contribution in [3.63, 3.8) is 0 Å². The fraction of sp³-hybridized carbons (Fsp3) is 0.294. The molecule has 0 saturated carbocycles. The van der Waals surface area contributed by atoms with E-state index in [-0.39, 0.29) is 5.92 Å². The first kappa shape index (κ1) is 16.9. The van der Waals surface area contributed by atoms with E-state index in [1.165, 1.54) is 0 Å². The lowest BCUT2D eigenvalue weighted by Crippen LogP contribution is -2.15. The van der Waals surface area contributed by atoms with E-state index in [4.69, 9.17) is 38.4 Å². The summed E-state index contributed by atoms with van der Waals surface area (Å²) in [5, 5.41) is 1.08. The lowest BCUT2D eigenvalue weighted by molar-refractivity contribution is 0.397. The molecule has 0 bridgehead atoms. The van der Waals surface area contributed by atoms with Crippen LogP contribution < -0.4 is 15.2 Å². The topological polar surface area (TPSA) is 44.5 Å². The average molecular weight is 340 g/mol. The molecule has 0 radical (unpaired) electrons. The first-order chi connectivity index (χ1) is 10.6. The Morgan fingerprint density at radius 3 is 2.36 bits per heavy atom. The van der Waals surface area contributed by atoms with E-state index in [1.54, 1.807) is 20.3 Å². The lowest BCUT2D eigenvalue weighted by atomic mass is 9.91. The molecule has 0 aliphatic carbocycles. The van der Waals surface area contributed by atoms with Gasteiger partial charge in [0.1, 0.15) is 11.5 Å². The van der Waals surface area contributed by atoms with Gasteiger partial charge in [-0.15, -0.1) is 0 Å². The molecule has 0 aliphatic heterocycles. The Hall–Kier alpha value is -1.42. The Labute approximate surface area is 140 Å². The van der Waals surface area contributed by atoms with Gasteiger partial charge in [-0.1, -0.05) is 29.3 Å². The monoisotopic (exact) mass is 339 g/mol. The van der Waals surface area contributed by atoms with Gasteiger partial charge in [0.25, 0.3) is 0 Å². The molecular formula is C17H19Cl2NO2. The second-order valence-electron chi connectivity index (χ2n) is 4.99. The molecule has 0 aromatic heterocycles. The molecule has 0 saturated heterocycles. The molecule has 0 spiro atoms. The molecular weight excluding hydrogens is 321 g/mol. The summed E-state index contributed by atoms with van der Waals surface area (Å²) < 4.78 is 10.7. The maximum absolute atomic E-state index is 6.11. The van der Waals surface area contributed by atoms with E-state index in [2.05, 4.69) is 0 Å². The van der Waals surface area contributed by atoms with E-state index in [0.29, 0.717) is 16.6 Å². The van der Waals surface area contributed by atoms with Crippen molar-refractivity contribution in [2.75, 3.05) is 20.8 Å². The van der Waals surface area contributed by atoms with Crippen LogP contribution in [0, 0.1) is 0 Å². The van der Waals surface area contributed by atoms with Crippen LogP contribution in [0.1, 0.15) is 17.0 Å². The number of benzene rings is 2. The Bertz CT molecular complexity index is 647. The third-order valence-electron chi connectivity index (χ3n) is 3.65. The molecule has 1 unspecified atom stereocenters. The van der Waals surface area contributed by atoms with Gasteiger partial charge < -0.3 is 15.2 Å². The molecule has 0 heterocycles. The Balaban J connectivity index is 2.31.